The number of phenolic OH excluding ortho intramolecular Hbond substituents is 1. The second-order valence-electron chi connectivity index (χ2n) is 3.28. The molecule has 0 aliphatic heterocycles. The maximum Gasteiger partial charge on any atom is 0.293 e. The average Bonchev–Trinajstić information content (AvgIpc) is 2.72. The minimum absolute atomic E-state index is 0.0230. The average molecular weight is 288 g/mol. The van der Waals surface area contributed by atoms with Crippen LogP contribution in [0.4, 0.5) is 11.6 Å². The predicted molar refractivity (Wildman–Crippen MR) is 66.9 cm³/mol. The molecule has 5 N–H and O–H groups in total. The van der Waals surface area contributed by atoms with Crippen LogP contribution in [0.2, 0.25) is 10.0 Å². The largest absolute Gasteiger partial charge is 0.505 e. The minimum atomic E-state index is -0.558. The van der Waals surface area contributed by atoms with Crippen LogP contribution >= 0.6 is 23.2 Å². The van der Waals surface area contributed by atoms with Crippen molar-refractivity contribution in [3.8, 4) is 5.75 Å². The normalized spacial score (nSPS) is 10.3. The van der Waals surface area contributed by atoms with E-state index in [0.29, 0.717) is 5.69 Å². The van der Waals surface area contributed by atoms with Gasteiger partial charge in [0.1, 0.15) is 0 Å². The number of nitrogens with one attached hydrogen (secondary N) is 2. The summed E-state index contributed by atoms with van der Waals surface area (Å²) in [4.78, 5) is 15.3. The number of aromatic nitrogens is 3. The van der Waals surface area contributed by atoms with Gasteiger partial charge in [-0.25, -0.2) is 0 Å². The van der Waals surface area contributed by atoms with Crippen LogP contribution in [0.1, 0.15) is 10.6 Å². The molecule has 1 aromatic heterocycles. The van der Waals surface area contributed by atoms with E-state index >= 15 is 0 Å². The second-order valence-corrected chi connectivity index (χ2v) is 4.10. The number of carbonyl (C=O) groups is 1. The van der Waals surface area contributed by atoms with Crippen molar-refractivity contribution in [2.24, 2.45) is 0 Å². The van der Waals surface area contributed by atoms with Gasteiger partial charge in [0.2, 0.25) is 11.8 Å². The molecule has 1 aromatic carbocycles. The number of nitrogens with zero attached hydrogens (tertiary/aromatic N) is 2. The van der Waals surface area contributed by atoms with Gasteiger partial charge >= 0.3 is 0 Å². The first-order chi connectivity index (χ1) is 8.47. The molecule has 0 fully saturated rings. The molecule has 0 saturated heterocycles. The van der Waals surface area contributed by atoms with Gasteiger partial charge in [-0.1, -0.05) is 23.2 Å². The highest BCUT2D eigenvalue weighted by atomic mass is 35.5. The Hall–Kier alpha value is -1.99. The topological polar surface area (TPSA) is 117 Å². The zero-order chi connectivity index (χ0) is 13.3. The lowest BCUT2D eigenvalue weighted by molar-refractivity contribution is 0.101. The predicted octanol–water partition coefficient (Wildman–Crippen LogP) is 1.65. The molecule has 1 amide bonds. The van der Waals surface area contributed by atoms with E-state index in [1.165, 1.54) is 12.1 Å². The van der Waals surface area contributed by atoms with Gasteiger partial charge in [-0.2, -0.15) is 4.98 Å². The molecular formula is C9H7Cl2N5O2. The number of nitrogen functional groups attached to an aromatic ring is 1. The highest BCUT2D eigenvalue weighted by Gasteiger charge is 2.13. The number of nitrogens with two attached hydrogens (primary N) is 1. The Balaban J connectivity index is 2.22. The number of hydrogen-bond acceptors (Lipinski definition) is 5. The number of halogens is 2. The first kappa shape index (κ1) is 12.5. The van der Waals surface area contributed by atoms with Crippen LogP contribution in [0.5, 0.6) is 5.75 Å². The van der Waals surface area contributed by atoms with E-state index in [2.05, 4.69) is 20.5 Å². The molecule has 1 heterocycles. The molecule has 2 aromatic rings. The molecule has 0 saturated carbocycles. The first-order valence-corrected chi connectivity index (χ1v) is 5.40. The lowest BCUT2D eigenvalue weighted by Crippen LogP contribution is -2.13. The van der Waals surface area contributed by atoms with Gasteiger partial charge in [0.15, 0.2) is 5.75 Å². The summed E-state index contributed by atoms with van der Waals surface area (Å²) in [5.74, 6) is -0.896. The van der Waals surface area contributed by atoms with Crippen molar-refractivity contribution >= 4 is 40.7 Å². The molecule has 0 aliphatic carbocycles. The maximum atomic E-state index is 11.7. The number of carbonyl (C=O) groups excluding carboxylic acids is 1. The summed E-state index contributed by atoms with van der Waals surface area (Å²) in [7, 11) is 0. The molecule has 7 nitrogen and oxygen atoms in total. The fourth-order valence-electron chi connectivity index (χ4n) is 1.20. The lowest BCUT2D eigenvalue weighted by atomic mass is 10.3. The molecule has 94 valence electrons. The van der Waals surface area contributed by atoms with Gasteiger partial charge in [-0.15, -0.1) is 5.10 Å². The highest BCUT2D eigenvalue weighted by molar-refractivity contribution is 6.37. The van der Waals surface area contributed by atoms with Gasteiger partial charge in [-0.3, -0.25) is 9.89 Å². The van der Waals surface area contributed by atoms with Crippen LogP contribution in [0, 0.1) is 0 Å². The number of anilines is 2. The molecular weight excluding hydrogens is 281 g/mol. The van der Waals surface area contributed by atoms with Gasteiger partial charge in [0.05, 0.1) is 10.0 Å². The number of H-pyrrole nitrogens is 1. The Morgan fingerprint density at radius 2 is 2.00 bits per heavy atom. The third-order valence-corrected chi connectivity index (χ3v) is 2.57. The number of aromatic hydroxyl groups is 1. The molecule has 0 atom stereocenters. The molecule has 0 unspecified atom stereocenters. The summed E-state index contributed by atoms with van der Waals surface area (Å²) in [5, 5.41) is 17.8. The minimum Gasteiger partial charge on any atom is -0.505 e. The van der Waals surface area contributed by atoms with Gasteiger partial charge in [0, 0.05) is 5.69 Å². The summed E-state index contributed by atoms with van der Waals surface area (Å²) < 4.78 is 0. The summed E-state index contributed by atoms with van der Waals surface area (Å²) in [6.45, 7) is 0. The molecule has 0 aliphatic rings. The van der Waals surface area contributed by atoms with Crippen molar-refractivity contribution < 1.29 is 9.90 Å². The van der Waals surface area contributed by atoms with E-state index in [0.717, 1.165) is 0 Å². The first-order valence-electron chi connectivity index (χ1n) is 4.64. The molecule has 0 radical (unpaired) electrons. The molecule has 18 heavy (non-hydrogen) atoms. The van der Waals surface area contributed by atoms with Crippen LogP contribution in [-0.4, -0.2) is 26.2 Å². The number of rotatable bonds is 2. The van der Waals surface area contributed by atoms with Crippen molar-refractivity contribution in [1.82, 2.24) is 15.2 Å². The van der Waals surface area contributed by atoms with Crippen molar-refractivity contribution in [1.29, 1.82) is 0 Å². The van der Waals surface area contributed by atoms with Crippen molar-refractivity contribution in [2.45, 2.75) is 0 Å². The zero-order valence-electron chi connectivity index (χ0n) is 8.74. The smallest absolute Gasteiger partial charge is 0.293 e. The number of amides is 1. The molecule has 0 bridgehead atoms. The van der Waals surface area contributed by atoms with Crippen molar-refractivity contribution in [3.05, 3.63) is 28.0 Å². The summed E-state index contributed by atoms with van der Waals surface area (Å²) in [5.41, 5.74) is 5.58. The van der Waals surface area contributed by atoms with E-state index in [1.807, 2.05) is 0 Å². The van der Waals surface area contributed by atoms with E-state index in [1.54, 1.807) is 0 Å². The van der Waals surface area contributed by atoms with E-state index in [9.17, 15) is 9.90 Å². The Labute approximate surface area is 111 Å². The van der Waals surface area contributed by atoms with Crippen LogP contribution in [-0.2, 0) is 0 Å². The van der Waals surface area contributed by atoms with Crippen LogP contribution in [0.25, 0.3) is 0 Å². The maximum absolute atomic E-state index is 11.7. The number of phenols is 1. The quantitative estimate of drug-likeness (QED) is 0.627. The standard InChI is InChI=1S/C9H7Cl2N5O2/c10-4-1-3(2-5(11)6(4)17)13-8(18)7-14-9(12)16-15-7/h1-2,17H,(H,13,18)(H3,12,14,15,16). The summed E-state index contributed by atoms with van der Waals surface area (Å²) >= 11 is 11.4. The van der Waals surface area contributed by atoms with Crippen molar-refractivity contribution in [2.75, 3.05) is 11.1 Å². The van der Waals surface area contributed by atoms with Gasteiger partial charge in [0.25, 0.3) is 5.91 Å². The van der Waals surface area contributed by atoms with Gasteiger partial charge < -0.3 is 16.2 Å². The van der Waals surface area contributed by atoms with Crippen LogP contribution in [0.15, 0.2) is 12.1 Å². The number of benzene rings is 1. The summed E-state index contributed by atoms with van der Waals surface area (Å²) in [6.07, 6.45) is 0. The fraction of sp³-hybridized carbons (Fsp3) is 0. The van der Waals surface area contributed by atoms with E-state index < -0.39 is 5.91 Å². The Bertz CT molecular complexity index is 590. The molecule has 2 rings (SSSR count). The third-order valence-electron chi connectivity index (χ3n) is 1.99. The van der Waals surface area contributed by atoms with E-state index in [-0.39, 0.29) is 27.6 Å². The lowest BCUT2D eigenvalue weighted by Gasteiger charge is -2.06. The zero-order valence-corrected chi connectivity index (χ0v) is 10.2. The number of aromatic amines is 1. The Kier molecular flexibility index (Phi) is 3.26. The summed E-state index contributed by atoms with van der Waals surface area (Å²) in [6, 6.07) is 2.70. The highest BCUT2D eigenvalue weighted by Crippen LogP contribution is 2.34. The van der Waals surface area contributed by atoms with Crippen molar-refractivity contribution in [3.63, 3.8) is 0 Å². The SMILES string of the molecule is Nc1n[nH]c(C(=O)Nc2cc(Cl)c(O)c(Cl)c2)n1. The Morgan fingerprint density at radius 1 is 1.39 bits per heavy atom. The second kappa shape index (κ2) is 4.71. The Morgan fingerprint density at radius 3 is 2.50 bits per heavy atom. The third kappa shape index (κ3) is 2.47. The van der Waals surface area contributed by atoms with Crippen LogP contribution in [0.3, 0.4) is 0 Å². The molecule has 0 spiro atoms. The van der Waals surface area contributed by atoms with Gasteiger partial charge in [-0.05, 0) is 12.1 Å². The monoisotopic (exact) mass is 287 g/mol. The van der Waals surface area contributed by atoms with E-state index in [4.69, 9.17) is 28.9 Å². The molecule has 9 heteroatoms. The number of hydrogen-bond donors (Lipinski definition) is 4. The fourth-order valence-corrected chi connectivity index (χ4v) is 1.69. The van der Waals surface area contributed by atoms with Crippen LogP contribution < -0.4 is 11.1 Å².